The molecule has 0 aliphatic carbocycles. The molecule has 192 valence electrons. The van der Waals surface area contributed by atoms with Crippen molar-refractivity contribution in [1.29, 1.82) is 0 Å². The Morgan fingerprint density at radius 2 is 1.76 bits per heavy atom. The highest BCUT2D eigenvalue weighted by molar-refractivity contribution is 7.07. The Balaban J connectivity index is 1.93. The van der Waals surface area contributed by atoms with Crippen LogP contribution >= 0.6 is 11.3 Å². The third-order valence-electron chi connectivity index (χ3n) is 6.37. The zero-order valence-electron chi connectivity index (χ0n) is 21.5. The van der Waals surface area contributed by atoms with Crippen LogP contribution in [0.3, 0.4) is 0 Å². The first kappa shape index (κ1) is 26.1. The number of carbonyl (C=O) groups is 2. The molecule has 37 heavy (non-hydrogen) atoms. The minimum absolute atomic E-state index is 0.158. The number of rotatable bonds is 7. The van der Waals surface area contributed by atoms with Gasteiger partial charge in [0.25, 0.3) is 11.5 Å². The standard InChI is InChI=1S/C28H29N3O5S/c1-6-30(7-2)26(33)23-17(3)29-28-31(24(23)20-10-8-9-11-21(20)35-4)25(32)22(37-28)16-18-12-14-19(15-13-18)27(34)36-5/h8-16,24H,6-7H2,1-5H3/b22-16+/t24-/m1/s1. The van der Waals surface area contributed by atoms with E-state index in [2.05, 4.69) is 0 Å². The minimum Gasteiger partial charge on any atom is -0.496 e. The van der Waals surface area contributed by atoms with E-state index in [0.29, 0.717) is 50.6 Å². The summed E-state index contributed by atoms with van der Waals surface area (Å²) in [6.45, 7) is 6.74. The molecule has 1 aliphatic heterocycles. The maximum Gasteiger partial charge on any atom is 0.337 e. The highest BCUT2D eigenvalue weighted by atomic mass is 32.1. The molecule has 4 rings (SSSR count). The number of benzene rings is 2. The number of methoxy groups -OCH3 is 2. The van der Waals surface area contributed by atoms with Gasteiger partial charge in [-0.2, -0.15) is 0 Å². The van der Waals surface area contributed by atoms with Gasteiger partial charge in [-0.25, -0.2) is 9.79 Å². The molecule has 3 aromatic rings. The van der Waals surface area contributed by atoms with E-state index in [9.17, 15) is 14.4 Å². The quantitative estimate of drug-likeness (QED) is 0.448. The van der Waals surface area contributed by atoms with Gasteiger partial charge in [-0.15, -0.1) is 0 Å². The van der Waals surface area contributed by atoms with Crippen LogP contribution < -0.4 is 19.6 Å². The molecule has 0 fully saturated rings. The second kappa shape index (κ2) is 11.0. The Labute approximate surface area is 218 Å². The van der Waals surface area contributed by atoms with Crippen LogP contribution in [-0.4, -0.2) is 48.7 Å². The van der Waals surface area contributed by atoms with Crippen molar-refractivity contribution >= 4 is 29.3 Å². The van der Waals surface area contributed by atoms with Gasteiger partial charge in [-0.3, -0.25) is 14.2 Å². The lowest BCUT2D eigenvalue weighted by Crippen LogP contribution is -2.43. The number of para-hydroxylation sites is 1. The van der Waals surface area contributed by atoms with Crippen LogP contribution in [0.5, 0.6) is 5.75 Å². The van der Waals surface area contributed by atoms with Crippen molar-refractivity contribution in [3.05, 3.63) is 96.2 Å². The second-order valence-corrected chi connectivity index (χ2v) is 9.42. The van der Waals surface area contributed by atoms with E-state index in [1.807, 2.05) is 45.0 Å². The van der Waals surface area contributed by atoms with Gasteiger partial charge in [0.05, 0.1) is 35.6 Å². The number of amides is 1. The van der Waals surface area contributed by atoms with Crippen molar-refractivity contribution < 1.29 is 19.1 Å². The number of esters is 1. The largest absolute Gasteiger partial charge is 0.496 e. The highest BCUT2D eigenvalue weighted by Gasteiger charge is 2.35. The van der Waals surface area contributed by atoms with Gasteiger partial charge in [0.2, 0.25) is 0 Å². The van der Waals surface area contributed by atoms with Crippen LogP contribution in [0.2, 0.25) is 0 Å². The van der Waals surface area contributed by atoms with Crippen LogP contribution in [0.4, 0.5) is 0 Å². The summed E-state index contributed by atoms with van der Waals surface area (Å²) in [6.07, 6.45) is 1.76. The molecule has 1 aromatic heterocycles. The molecule has 0 bridgehead atoms. The molecule has 2 heterocycles. The molecule has 1 amide bonds. The Bertz CT molecular complexity index is 1550. The van der Waals surface area contributed by atoms with Crippen molar-refractivity contribution in [3.8, 4) is 5.75 Å². The third-order valence-corrected chi connectivity index (χ3v) is 7.35. The predicted molar refractivity (Wildman–Crippen MR) is 142 cm³/mol. The molecule has 9 heteroatoms. The van der Waals surface area contributed by atoms with E-state index in [0.717, 1.165) is 5.56 Å². The van der Waals surface area contributed by atoms with Crippen molar-refractivity contribution in [2.75, 3.05) is 27.3 Å². The van der Waals surface area contributed by atoms with Gasteiger partial charge in [0.15, 0.2) is 4.80 Å². The molecule has 1 atom stereocenters. The van der Waals surface area contributed by atoms with Crippen molar-refractivity contribution in [2.24, 2.45) is 4.99 Å². The number of allylic oxidation sites excluding steroid dienone is 1. The summed E-state index contributed by atoms with van der Waals surface area (Å²) in [4.78, 5) is 46.2. The summed E-state index contributed by atoms with van der Waals surface area (Å²) in [7, 11) is 2.90. The van der Waals surface area contributed by atoms with Crippen molar-refractivity contribution in [3.63, 3.8) is 0 Å². The van der Waals surface area contributed by atoms with Gasteiger partial charge < -0.3 is 14.4 Å². The molecule has 0 saturated heterocycles. The van der Waals surface area contributed by atoms with Crippen LogP contribution in [0, 0.1) is 0 Å². The molecular formula is C28H29N3O5S. The van der Waals surface area contributed by atoms with E-state index >= 15 is 0 Å². The van der Waals surface area contributed by atoms with Gasteiger partial charge in [-0.05, 0) is 50.6 Å². The first-order chi connectivity index (χ1) is 17.8. The molecule has 0 saturated carbocycles. The van der Waals surface area contributed by atoms with Gasteiger partial charge in [0.1, 0.15) is 11.8 Å². The monoisotopic (exact) mass is 519 g/mol. The third kappa shape index (κ3) is 4.86. The first-order valence-corrected chi connectivity index (χ1v) is 12.8. The van der Waals surface area contributed by atoms with E-state index in [-0.39, 0.29) is 11.5 Å². The summed E-state index contributed by atoms with van der Waals surface area (Å²) < 4.78 is 12.4. The number of hydrogen-bond donors (Lipinski definition) is 0. The average Bonchev–Trinajstić information content (AvgIpc) is 3.22. The molecule has 8 nitrogen and oxygen atoms in total. The zero-order chi connectivity index (χ0) is 26.7. The van der Waals surface area contributed by atoms with E-state index in [1.54, 1.807) is 46.9 Å². The number of aromatic nitrogens is 1. The van der Waals surface area contributed by atoms with Gasteiger partial charge >= 0.3 is 5.97 Å². The van der Waals surface area contributed by atoms with E-state index in [4.69, 9.17) is 14.5 Å². The Kier molecular flexibility index (Phi) is 7.73. The van der Waals surface area contributed by atoms with E-state index < -0.39 is 12.0 Å². The second-order valence-electron chi connectivity index (χ2n) is 8.41. The summed E-state index contributed by atoms with van der Waals surface area (Å²) in [5, 5.41) is 0. The number of carbonyl (C=O) groups excluding carboxylic acids is 2. The zero-order valence-corrected chi connectivity index (χ0v) is 22.3. The average molecular weight is 520 g/mol. The fourth-order valence-corrected chi connectivity index (χ4v) is 5.49. The maximum atomic E-state index is 13.8. The SMILES string of the molecule is CCN(CC)C(=O)C1=C(C)N=c2s/c(=C/c3ccc(C(=O)OC)cc3)c(=O)n2[C@@H]1c1ccccc1OC. The van der Waals surface area contributed by atoms with Gasteiger partial charge in [-0.1, -0.05) is 41.7 Å². The Morgan fingerprint density at radius 1 is 1.08 bits per heavy atom. The lowest BCUT2D eigenvalue weighted by atomic mass is 9.94. The minimum atomic E-state index is -0.690. The Hall–Kier alpha value is -3.98. The summed E-state index contributed by atoms with van der Waals surface area (Å²) in [6, 6.07) is 13.5. The highest BCUT2D eigenvalue weighted by Crippen LogP contribution is 2.36. The van der Waals surface area contributed by atoms with Gasteiger partial charge in [0, 0.05) is 18.7 Å². The summed E-state index contributed by atoms with van der Waals surface area (Å²) in [5.74, 6) is -0.00142. The van der Waals surface area contributed by atoms with Crippen LogP contribution in [0.25, 0.3) is 6.08 Å². The van der Waals surface area contributed by atoms with Crippen molar-refractivity contribution in [2.45, 2.75) is 26.8 Å². The van der Waals surface area contributed by atoms with E-state index in [1.165, 1.54) is 18.4 Å². The number of likely N-dealkylation sites (N-methyl/N-ethyl adjacent to an activating group) is 1. The molecule has 0 unspecified atom stereocenters. The number of fused-ring (bicyclic) bond motifs is 1. The number of ether oxygens (including phenoxy) is 2. The molecule has 0 spiro atoms. The predicted octanol–water partition coefficient (Wildman–Crippen LogP) is 2.90. The smallest absolute Gasteiger partial charge is 0.337 e. The summed E-state index contributed by atoms with van der Waals surface area (Å²) in [5.41, 5.74) is 2.66. The number of nitrogens with zero attached hydrogens (tertiary/aromatic N) is 3. The first-order valence-electron chi connectivity index (χ1n) is 12.0. The summed E-state index contributed by atoms with van der Waals surface area (Å²) >= 11 is 1.26. The van der Waals surface area contributed by atoms with Crippen LogP contribution in [-0.2, 0) is 9.53 Å². The number of thiazole rings is 1. The molecular weight excluding hydrogens is 490 g/mol. The Morgan fingerprint density at radius 3 is 2.38 bits per heavy atom. The molecule has 0 N–H and O–H groups in total. The molecule has 2 aromatic carbocycles. The maximum absolute atomic E-state index is 13.8. The lowest BCUT2D eigenvalue weighted by molar-refractivity contribution is -0.127. The normalized spacial score (nSPS) is 15.2. The van der Waals surface area contributed by atoms with Crippen molar-refractivity contribution in [1.82, 2.24) is 9.47 Å². The fraction of sp³-hybridized carbons (Fsp3) is 0.286. The molecule has 1 aliphatic rings. The van der Waals surface area contributed by atoms with Crippen LogP contribution in [0.15, 0.2) is 69.6 Å². The fourth-order valence-electron chi connectivity index (χ4n) is 4.45. The van der Waals surface area contributed by atoms with Crippen LogP contribution in [0.1, 0.15) is 48.3 Å². The lowest BCUT2D eigenvalue weighted by Gasteiger charge is -2.29. The topological polar surface area (TPSA) is 90.2 Å². The molecule has 0 radical (unpaired) electrons. The number of hydrogen-bond acceptors (Lipinski definition) is 7.